The van der Waals surface area contributed by atoms with Crippen molar-refractivity contribution in [2.75, 3.05) is 5.32 Å². The fraction of sp³-hybridized carbons (Fsp3) is 0. The molecule has 0 radical (unpaired) electrons. The Morgan fingerprint density at radius 3 is 2.58 bits per heavy atom. The van der Waals surface area contributed by atoms with Crippen LogP contribution in [0, 0.1) is 0 Å². The number of hydrogen-bond donors (Lipinski definition) is 1. The first-order chi connectivity index (χ1) is 9.13. The highest BCUT2D eigenvalue weighted by Gasteiger charge is 2.23. The van der Waals surface area contributed by atoms with Gasteiger partial charge >= 0.3 is 0 Å². The van der Waals surface area contributed by atoms with Gasteiger partial charge in [0.15, 0.2) is 0 Å². The molecule has 0 atom stereocenters. The number of rotatable bonds is 1. The van der Waals surface area contributed by atoms with Crippen molar-refractivity contribution in [1.29, 1.82) is 0 Å². The van der Waals surface area contributed by atoms with Crippen LogP contribution in [0.2, 0.25) is 10.0 Å². The summed E-state index contributed by atoms with van der Waals surface area (Å²) in [4.78, 5) is 12.0. The van der Waals surface area contributed by atoms with Crippen molar-refractivity contribution in [3.63, 3.8) is 0 Å². The lowest BCUT2D eigenvalue weighted by molar-refractivity contribution is -0.110. The van der Waals surface area contributed by atoms with Gasteiger partial charge in [-0.05, 0) is 35.9 Å². The first kappa shape index (κ1) is 12.3. The van der Waals surface area contributed by atoms with Gasteiger partial charge < -0.3 is 5.32 Å². The maximum absolute atomic E-state index is 12.0. The normalized spacial score (nSPS) is 15.5. The lowest BCUT2D eigenvalue weighted by atomic mass is 10.0. The third-order valence-electron chi connectivity index (χ3n) is 2.92. The minimum atomic E-state index is -0.128. The second-order valence-corrected chi connectivity index (χ2v) is 5.13. The van der Waals surface area contributed by atoms with Crippen LogP contribution in [-0.4, -0.2) is 5.91 Å². The molecule has 0 saturated carbocycles. The van der Waals surface area contributed by atoms with Crippen molar-refractivity contribution in [3.05, 3.63) is 63.6 Å². The van der Waals surface area contributed by atoms with E-state index in [2.05, 4.69) is 5.32 Å². The van der Waals surface area contributed by atoms with Gasteiger partial charge in [-0.25, -0.2) is 0 Å². The number of halogens is 2. The first-order valence-electron chi connectivity index (χ1n) is 5.72. The van der Waals surface area contributed by atoms with Crippen molar-refractivity contribution in [2.45, 2.75) is 0 Å². The summed E-state index contributed by atoms with van der Waals surface area (Å²) in [6.07, 6.45) is 1.82. The molecule has 0 spiro atoms. The van der Waals surface area contributed by atoms with E-state index in [1.165, 1.54) is 0 Å². The van der Waals surface area contributed by atoms with Crippen molar-refractivity contribution in [2.24, 2.45) is 0 Å². The van der Waals surface area contributed by atoms with Crippen LogP contribution >= 0.6 is 23.2 Å². The van der Waals surface area contributed by atoms with Gasteiger partial charge in [-0.2, -0.15) is 0 Å². The van der Waals surface area contributed by atoms with E-state index in [1.54, 1.807) is 18.2 Å². The molecule has 94 valence electrons. The zero-order valence-corrected chi connectivity index (χ0v) is 11.3. The molecule has 4 heteroatoms. The molecule has 1 aliphatic heterocycles. The maximum atomic E-state index is 12.0. The van der Waals surface area contributed by atoms with Crippen molar-refractivity contribution < 1.29 is 4.79 Å². The fourth-order valence-corrected chi connectivity index (χ4v) is 2.44. The largest absolute Gasteiger partial charge is 0.321 e. The Balaban J connectivity index is 2.09. The molecule has 1 amide bonds. The number of carbonyl (C=O) groups excluding carboxylic acids is 1. The molecule has 1 heterocycles. The predicted octanol–water partition coefficient (Wildman–Crippen LogP) is 4.49. The molecule has 0 bridgehead atoms. The van der Waals surface area contributed by atoms with Crippen LogP contribution in [0.4, 0.5) is 5.69 Å². The minimum Gasteiger partial charge on any atom is -0.321 e. The number of carbonyl (C=O) groups is 1. The Hall–Kier alpha value is -1.77. The number of fused-ring (bicyclic) bond motifs is 1. The molecule has 3 rings (SSSR count). The average molecular weight is 290 g/mol. The lowest BCUT2D eigenvalue weighted by Crippen LogP contribution is -2.03. The first-order valence-corrected chi connectivity index (χ1v) is 6.47. The van der Waals surface area contributed by atoms with Gasteiger partial charge in [0, 0.05) is 21.2 Å². The molecule has 0 aliphatic carbocycles. The Labute approximate surface area is 120 Å². The number of amides is 1. The highest BCUT2D eigenvalue weighted by molar-refractivity contribution is 6.36. The molecule has 0 unspecified atom stereocenters. The van der Waals surface area contributed by atoms with Crippen LogP contribution in [0.15, 0.2) is 42.5 Å². The van der Waals surface area contributed by atoms with Gasteiger partial charge in [-0.3, -0.25) is 4.79 Å². The van der Waals surface area contributed by atoms with E-state index >= 15 is 0 Å². The van der Waals surface area contributed by atoms with Crippen LogP contribution in [0.3, 0.4) is 0 Å². The van der Waals surface area contributed by atoms with Crippen LogP contribution < -0.4 is 5.32 Å². The molecular weight excluding hydrogens is 281 g/mol. The Morgan fingerprint density at radius 1 is 1.00 bits per heavy atom. The standard InChI is InChI=1S/C15H9Cl2NO/c16-10-3-1-2-9(6-10)7-13-12-5-4-11(17)8-14(12)18-15(13)19/h1-8H,(H,18,19). The van der Waals surface area contributed by atoms with E-state index in [1.807, 2.05) is 30.3 Å². The van der Waals surface area contributed by atoms with Gasteiger partial charge in [-0.1, -0.05) is 41.4 Å². The van der Waals surface area contributed by atoms with E-state index in [0.717, 1.165) is 16.8 Å². The van der Waals surface area contributed by atoms with Gasteiger partial charge in [0.1, 0.15) is 0 Å². The maximum Gasteiger partial charge on any atom is 0.256 e. The summed E-state index contributed by atoms with van der Waals surface area (Å²) in [6.45, 7) is 0. The van der Waals surface area contributed by atoms with E-state index in [4.69, 9.17) is 23.2 Å². The topological polar surface area (TPSA) is 29.1 Å². The number of anilines is 1. The molecule has 19 heavy (non-hydrogen) atoms. The van der Waals surface area contributed by atoms with Gasteiger partial charge in [0.25, 0.3) is 5.91 Å². The molecular formula is C15H9Cl2NO. The molecule has 2 aromatic carbocycles. The molecule has 0 aromatic heterocycles. The van der Waals surface area contributed by atoms with Crippen LogP contribution in [0.1, 0.15) is 11.1 Å². The van der Waals surface area contributed by atoms with E-state index in [0.29, 0.717) is 15.6 Å². The Bertz CT molecular complexity index is 707. The van der Waals surface area contributed by atoms with Gasteiger partial charge in [-0.15, -0.1) is 0 Å². The Morgan fingerprint density at radius 2 is 1.79 bits per heavy atom. The van der Waals surface area contributed by atoms with Crippen molar-refractivity contribution >= 4 is 46.4 Å². The number of benzene rings is 2. The summed E-state index contributed by atoms with van der Waals surface area (Å²) >= 11 is 11.9. The molecule has 2 aromatic rings. The molecule has 1 N–H and O–H groups in total. The van der Waals surface area contributed by atoms with Gasteiger partial charge in [0.2, 0.25) is 0 Å². The van der Waals surface area contributed by atoms with Crippen LogP contribution in [0.25, 0.3) is 11.6 Å². The van der Waals surface area contributed by atoms with Crippen molar-refractivity contribution in [3.8, 4) is 0 Å². The molecule has 2 nitrogen and oxygen atoms in total. The predicted molar refractivity (Wildman–Crippen MR) is 79.4 cm³/mol. The van der Waals surface area contributed by atoms with Gasteiger partial charge in [0.05, 0.1) is 5.69 Å². The number of nitrogens with one attached hydrogen (secondary N) is 1. The fourth-order valence-electron chi connectivity index (χ4n) is 2.07. The minimum absolute atomic E-state index is 0.128. The summed E-state index contributed by atoms with van der Waals surface area (Å²) in [5, 5.41) is 4.04. The summed E-state index contributed by atoms with van der Waals surface area (Å²) in [6, 6.07) is 12.7. The van der Waals surface area contributed by atoms with Crippen LogP contribution in [0.5, 0.6) is 0 Å². The SMILES string of the molecule is O=C1Nc2cc(Cl)ccc2C1=Cc1cccc(Cl)c1. The monoisotopic (exact) mass is 289 g/mol. The number of hydrogen-bond acceptors (Lipinski definition) is 1. The average Bonchev–Trinajstić information content (AvgIpc) is 2.65. The zero-order chi connectivity index (χ0) is 13.4. The third-order valence-corrected chi connectivity index (χ3v) is 3.39. The Kier molecular flexibility index (Phi) is 3.05. The summed E-state index contributed by atoms with van der Waals surface area (Å²) in [5.41, 5.74) is 3.11. The second kappa shape index (κ2) is 4.72. The zero-order valence-electron chi connectivity index (χ0n) is 9.78. The summed E-state index contributed by atoms with van der Waals surface area (Å²) in [7, 11) is 0. The highest BCUT2D eigenvalue weighted by atomic mass is 35.5. The van der Waals surface area contributed by atoms with Crippen molar-refractivity contribution in [1.82, 2.24) is 0 Å². The van der Waals surface area contributed by atoms with E-state index < -0.39 is 0 Å². The third kappa shape index (κ3) is 2.37. The molecule has 0 fully saturated rings. The van der Waals surface area contributed by atoms with E-state index in [9.17, 15) is 4.79 Å². The molecule has 0 saturated heterocycles. The summed E-state index contributed by atoms with van der Waals surface area (Å²) < 4.78 is 0. The summed E-state index contributed by atoms with van der Waals surface area (Å²) in [5.74, 6) is -0.128. The molecule has 1 aliphatic rings. The quantitative estimate of drug-likeness (QED) is 0.770. The smallest absolute Gasteiger partial charge is 0.256 e. The second-order valence-electron chi connectivity index (χ2n) is 4.26. The van der Waals surface area contributed by atoms with E-state index in [-0.39, 0.29) is 5.91 Å². The highest BCUT2D eigenvalue weighted by Crippen LogP contribution is 2.34. The van der Waals surface area contributed by atoms with Crippen LogP contribution in [-0.2, 0) is 4.79 Å². The lowest BCUT2D eigenvalue weighted by Gasteiger charge is -1.99.